The molecule has 0 atom stereocenters. The van der Waals surface area contributed by atoms with Crippen molar-refractivity contribution < 1.29 is 0 Å². The van der Waals surface area contributed by atoms with Gasteiger partial charge in [-0.1, -0.05) is 74.0 Å². The molecule has 1 aliphatic rings. The highest BCUT2D eigenvalue weighted by molar-refractivity contribution is 6.23. The second kappa shape index (κ2) is 5.25. The number of fused-ring (bicyclic) bond motifs is 7. The number of hydrogen-bond donors (Lipinski definition) is 0. The molecular weight excluding hydrogens is 316 g/mol. The van der Waals surface area contributed by atoms with Gasteiger partial charge in [0, 0.05) is 16.2 Å². The number of rotatable bonds is 0. The van der Waals surface area contributed by atoms with Crippen LogP contribution in [0.25, 0.3) is 44.7 Å². The summed E-state index contributed by atoms with van der Waals surface area (Å²) in [4.78, 5) is 10.1. The Bertz CT molecular complexity index is 1360. The molecule has 0 amide bonds. The van der Waals surface area contributed by atoms with Crippen molar-refractivity contribution >= 4 is 44.7 Å². The number of benzene rings is 3. The van der Waals surface area contributed by atoms with E-state index in [1.165, 1.54) is 21.7 Å². The van der Waals surface area contributed by atoms with Crippen LogP contribution in [0, 0.1) is 12.3 Å². The van der Waals surface area contributed by atoms with E-state index in [-0.39, 0.29) is 5.41 Å². The standard InChI is InChI=1S/C24H20N2/c1-15-10-11-18-19(13-15)16-7-4-5-8-17(16)22-23(18)26-21-14-24(2,3)12-6-9-20(21)25-22/h4-14H,1-3H3. The SMILES string of the molecule is Cc1ccc2c(c1)c1ccccc1c1nc3c(nc21)=CC(C)(C)C=CC=3. The van der Waals surface area contributed by atoms with Gasteiger partial charge in [0.1, 0.15) is 0 Å². The summed E-state index contributed by atoms with van der Waals surface area (Å²) in [6, 6.07) is 15.1. The fraction of sp³-hybridized carbons (Fsp3) is 0.167. The average molecular weight is 336 g/mol. The lowest BCUT2D eigenvalue weighted by Gasteiger charge is -2.13. The Kier molecular flexibility index (Phi) is 3.08. The minimum absolute atomic E-state index is 0.0344. The molecule has 2 nitrogen and oxygen atoms in total. The van der Waals surface area contributed by atoms with Gasteiger partial charge in [0.05, 0.1) is 21.7 Å². The van der Waals surface area contributed by atoms with Crippen LogP contribution in [0.15, 0.2) is 54.6 Å². The van der Waals surface area contributed by atoms with E-state index in [4.69, 9.17) is 9.97 Å². The summed E-state index contributed by atoms with van der Waals surface area (Å²) >= 11 is 0. The second-order valence-electron chi connectivity index (χ2n) is 7.78. The molecule has 0 saturated carbocycles. The van der Waals surface area contributed by atoms with Gasteiger partial charge < -0.3 is 0 Å². The lowest BCUT2D eigenvalue weighted by atomic mass is 9.93. The highest BCUT2D eigenvalue weighted by Gasteiger charge is 2.15. The van der Waals surface area contributed by atoms with E-state index in [2.05, 4.69) is 87.5 Å². The lowest BCUT2D eigenvalue weighted by Crippen LogP contribution is -2.32. The Morgan fingerprint density at radius 1 is 0.769 bits per heavy atom. The van der Waals surface area contributed by atoms with Gasteiger partial charge in [-0.05, 0) is 29.8 Å². The molecule has 0 saturated heterocycles. The van der Waals surface area contributed by atoms with Gasteiger partial charge in [-0.2, -0.15) is 0 Å². The van der Waals surface area contributed by atoms with Gasteiger partial charge >= 0.3 is 0 Å². The molecule has 3 aromatic carbocycles. The third-order valence-electron chi connectivity index (χ3n) is 5.14. The molecule has 26 heavy (non-hydrogen) atoms. The highest BCUT2D eigenvalue weighted by Crippen LogP contribution is 2.32. The van der Waals surface area contributed by atoms with Crippen molar-refractivity contribution in [2.45, 2.75) is 20.8 Å². The first-order valence-electron chi connectivity index (χ1n) is 9.03. The normalized spacial score (nSPS) is 15.5. The van der Waals surface area contributed by atoms with Gasteiger partial charge in [0.25, 0.3) is 0 Å². The first-order valence-corrected chi connectivity index (χ1v) is 9.03. The predicted molar refractivity (Wildman–Crippen MR) is 110 cm³/mol. The van der Waals surface area contributed by atoms with Gasteiger partial charge in [0.2, 0.25) is 0 Å². The third-order valence-corrected chi connectivity index (χ3v) is 5.14. The van der Waals surface area contributed by atoms with Gasteiger partial charge in [-0.25, -0.2) is 9.97 Å². The zero-order valence-electron chi connectivity index (χ0n) is 15.2. The van der Waals surface area contributed by atoms with Crippen LogP contribution >= 0.6 is 0 Å². The van der Waals surface area contributed by atoms with Gasteiger partial charge in [-0.15, -0.1) is 0 Å². The molecule has 0 unspecified atom stereocenters. The molecule has 4 aromatic rings. The molecule has 0 radical (unpaired) electrons. The number of aromatic nitrogens is 2. The molecule has 0 spiro atoms. The van der Waals surface area contributed by atoms with E-state index in [1.54, 1.807) is 0 Å². The van der Waals surface area contributed by atoms with Crippen molar-refractivity contribution in [3.8, 4) is 0 Å². The van der Waals surface area contributed by atoms with E-state index in [1.807, 2.05) is 0 Å². The van der Waals surface area contributed by atoms with Crippen molar-refractivity contribution in [1.29, 1.82) is 0 Å². The maximum absolute atomic E-state index is 5.09. The van der Waals surface area contributed by atoms with Crippen molar-refractivity contribution in [3.05, 3.63) is 70.9 Å². The first-order chi connectivity index (χ1) is 12.5. The van der Waals surface area contributed by atoms with E-state index < -0.39 is 0 Å². The average Bonchev–Trinajstić information content (AvgIpc) is 2.76. The van der Waals surface area contributed by atoms with Crippen LogP contribution in [0.2, 0.25) is 0 Å². The Balaban J connectivity index is 2.08. The lowest BCUT2D eigenvalue weighted by molar-refractivity contribution is 0.669. The van der Waals surface area contributed by atoms with E-state index in [9.17, 15) is 0 Å². The smallest absolute Gasteiger partial charge is 0.0979 e. The van der Waals surface area contributed by atoms with Crippen molar-refractivity contribution in [2.24, 2.45) is 5.41 Å². The Morgan fingerprint density at radius 2 is 1.46 bits per heavy atom. The van der Waals surface area contributed by atoms with Crippen molar-refractivity contribution in [1.82, 2.24) is 9.97 Å². The molecular formula is C24H20N2. The zero-order chi connectivity index (χ0) is 17.9. The number of nitrogens with zero attached hydrogens (tertiary/aromatic N) is 2. The summed E-state index contributed by atoms with van der Waals surface area (Å²) in [5.74, 6) is 0. The predicted octanol–water partition coefficient (Wildman–Crippen LogP) is 4.40. The van der Waals surface area contributed by atoms with E-state index in [0.29, 0.717) is 0 Å². The number of hydrogen-bond acceptors (Lipinski definition) is 2. The van der Waals surface area contributed by atoms with Crippen molar-refractivity contribution in [3.63, 3.8) is 0 Å². The minimum atomic E-state index is -0.0344. The Morgan fingerprint density at radius 3 is 2.27 bits per heavy atom. The molecule has 1 heterocycles. The summed E-state index contributed by atoms with van der Waals surface area (Å²) in [6.45, 7) is 6.53. The third kappa shape index (κ3) is 2.26. The maximum atomic E-state index is 5.09. The molecule has 2 heteroatoms. The fourth-order valence-electron chi connectivity index (χ4n) is 3.87. The van der Waals surface area contributed by atoms with Crippen LogP contribution in [0.5, 0.6) is 0 Å². The van der Waals surface area contributed by atoms with Crippen LogP contribution in [-0.4, -0.2) is 9.97 Å². The molecule has 5 rings (SSSR count). The summed E-state index contributed by atoms with van der Waals surface area (Å²) < 4.78 is 0. The monoisotopic (exact) mass is 336 g/mol. The molecule has 1 aliphatic carbocycles. The quantitative estimate of drug-likeness (QED) is 0.445. The molecule has 0 aliphatic heterocycles. The topological polar surface area (TPSA) is 25.8 Å². The molecule has 0 fully saturated rings. The molecule has 0 N–H and O–H groups in total. The molecule has 1 aromatic heterocycles. The first kappa shape index (κ1) is 15.3. The van der Waals surface area contributed by atoms with Crippen LogP contribution in [0.1, 0.15) is 19.4 Å². The largest absolute Gasteiger partial charge is 0.244 e. The number of aryl methyl sites for hydroxylation is 1. The zero-order valence-corrected chi connectivity index (χ0v) is 15.2. The maximum Gasteiger partial charge on any atom is 0.0979 e. The molecule has 126 valence electrons. The Hall–Kier alpha value is -3.00. The van der Waals surface area contributed by atoms with Gasteiger partial charge in [-0.3, -0.25) is 0 Å². The van der Waals surface area contributed by atoms with Crippen LogP contribution < -0.4 is 10.7 Å². The van der Waals surface area contributed by atoms with E-state index in [0.717, 1.165) is 27.1 Å². The fourth-order valence-corrected chi connectivity index (χ4v) is 3.87. The summed E-state index contributed by atoms with van der Waals surface area (Å²) in [5.41, 5.74) is 3.19. The second-order valence-corrected chi connectivity index (χ2v) is 7.78. The van der Waals surface area contributed by atoms with E-state index >= 15 is 0 Å². The summed E-state index contributed by atoms with van der Waals surface area (Å²) in [6.07, 6.45) is 8.57. The minimum Gasteiger partial charge on any atom is -0.244 e. The molecule has 0 bridgehead atoms. The summed E-state index contributed by atoms with van der Waals surface area (Å²) in [5, 5.41) is 6.72. The Labute approximate surface area is 152 Å². The van der Waals surface area contributed by atoms with Crippen LogP contribution in [0.3, 0.4) is 0 Å². The van der Waals surface area contributed by atoms with Crippen LogP contribution in [0.4, 0.5) is 0 Å². The van der Waals surface area contributed by atoms with Crippen molar-refractivity contribution in [2.75, 3.05) is 0 Å². The number of allylic oxidation sites excluding steroid dienone is 2. The summed E-state index contributed by atoms with van der Waals surface area (Å²) in [7, 11) is 0. The highest BCUT2D eigenvalue weighted by atomic mass is 14.8. The van der Waals surface area contributed by atoms with Gasteiger partial charge in [0.15, 0.2) is 0 Å². The van der Waals surface area contributed by atoms with Crippen LogP contribution in [-0.2, 0) is 0 Å².